The van der Waals surface area contributed by atoms with Gasteiger partial charge in [0.1, 0.15) is 6.04 Å². The zero-order valence-corrected chi connectivity index (χ0v) is 14.7. The standard InChI is InChI=1S/C16H18Cl2N2O4/c1-19(6-4-14(21)22)16(24)13-3-2-5-20(13)15(23)10-7-11(17)9-12(18)8-10/h7-9,13H,2-6H2,1H3,(H,21,22). The molecule has 6 nitrogen and oxygen atoms in total. The summed E-state index contributed by atoms with van der Waals surface area (Å²) < 4.78 is 0. The maximum absolute atomic E-state index is 12.7. The Labute approximate surface area is 149 Å². The van der Waals surface area contributed by atoms with Crippen molar-refractivity contribution >= 4 is 41.0 Å². The number of halogens is 2. The Morgan fingerprint density at radius 2 is 1.88 bits per heavy atom. The van der Waals surface area contributed by atoms with Gasteiger partial charge in [-0.1, -0.05) is 23.2 Å². The van der Waals surface area contributed by atoms with Crippen molar-refractivity contribution in [3.05, 3.63) is 33.8 Å². The highest BCUT2D eigenvalue weighted by atomic mass is 35.5. The lowest BCUT2D eigenvalue weighted by Gasteiger charge is -2.28. The minimum absolute atomic E-state index is 0.107. The number of carboxylic acids is 1. The van der Waals surface area contributed by atoms with E-state index in [2.05, 4.69) is 0 Å². The highest BCUT2D eigenvalue weighted by Gasteiger charge is 2.36. The second-order valence-corrected chi connectivity index (χ2v) is 6.59. The van der Waals surface area contributed by atoms with E-state index in [1.807, 2.05) is 0 Å². The first-order valence-corrected chi connectivity index (χ1v) is 8.29. The number of benzene rings is 1. The van der Waals surface area contributed by atoms with Gasteiger partial charge in [0, 0.05) is 35.7 Å². The van der Waals surface area contributed by atoms with Crippen molar-refractivity contribution in [2.75, 3.05) is 20.1 Å². The zero-order chi connectivity index (χ0) is 17.9. The molecule has 1 aromatic rings. The summed E-state index contributed by atoms with van der Waals surface area (Å²) in [6, 6.07) is 3.98. The monoisotopic (exact) mass is 372 g/mol. The predicted molar refractivity (Wildman–Crippen MR) is 90.4 cm³/mol. The molecule has 0 spiro atoms. The van der Waals surface area contributed by atoms with Crippen molar-refractivity contribution in [2.24, 2.45) is 0 Å². The van der Waals surface area contributed by atoms with Gasteiger partial charge < -0.3 is 14.9 Å². The molecule has 1 aliphatic rings. The summed E-state index contributed by atoms with van der Waals surface area (Å²) in [7, 11) is 1.54. The lowest BCUT2D eigenvalue weighted by Crippen LogP contribution is -2.47. The number of likely N-dealkylation sites (N-methyl/N-ethyl adjacent to an activating group) is 1. The lowest BCUT2D eigenvalue weighted by molar-refractivity contribution is -0.139. The maximum atomic E-state index is 12.7. The molecule has 2 amide bonds. The Hall–Kier alpha value is -1.79. The van der Waals surface area contributed by atoms with Gasteiger partial charge in [-0.05, 0) is 31.0 Å². The van der Waals surface area contributed by atoms with Gasteiger partial charge in [0.15, 0.2) is 0 Å². The van der Waals surface area contributed by atoms with Crippen LogP contribution in [0.15, 0.2) is 18.2 Å². The Morgan fingerprint density at radius 3 is 2.46 bits per heavy atom. The third-order valence-electron chi connectivity index (χ3n) is 3.95. The fourth-order valence-corrected chi connectivity index (χ4v) is 3.26. The van der Waals surface area contributed by atoms with Gasteiger partial charge in [0.05, 0.1) is 6.42 Å². The largest absolute Gasteiger partial charge is 0.481 e. The average molecular weight is 373 g/mol. The van der Waals surface area contributed by atoms with Crippen LogP contribution in [0.2, 0.25) is 10.0 Å². The van der Waals surface area contributed by atoms with Gasteiger partial charge in [-0.3, -0.25) is 14.4 Å². The van der Waals surface area contributed by atoms with Crippen LogP contribution in [-0.4, -0.2) is 58.9 Å². The molecule has 130 valence electrons. The van der Waals surface area contributed by atoms with Crippen LogP contribution in [-0.2, 0) is 9.59 Å². The van der Waals surface area contributed by atoms with Crippen molar-refractivity contribution in [1.82, 2.24) is 9.80 Å². The van der Waals surface area contributed by atoms with E-state index in [1.165, 1.54) is 28.0 Å². The summed E-state index contributed by atoms with van der Waals surface area (Å²) in [5.41, 5.74) is 0.334. The van der Waals surface area contributed by atoms with Crippen LogP contribution in [0, 0.1) is 0 Å². The predicted octanol–water partition coefficient (Wildman–Crippen LogP) is 2.53. The number of aliphatic carboxylic acids is 1. The van der Waals surface area contributed by atoms with Crippen LogP contribution in [0.25, 0.3) is 0 Å². The van der Waals surface area contributed by atoms with E-state index in [-0.39, 0.29) is 24.8 Å². The third kappa shape index (κ3) is 4.39. The average Bonchev–Trinajstić information content (AvgIpc) is 2.99. The topological polar surface area (TPSA) is 77.9 Å². The summed E-state index contributed by atoms with van der Waals surface area (Å²) >= 11 is 11.9. The van der Waals surface area contributed by atoms with E-state index < -0.39 is 12.0 Å². The van der Waals surface area contributed by atoms with E-state index >= 15 is 0 Å². The fourth-order valence-electron chi connectivity index (χ4n) is 2.74. The second-order valence-electron chi connectivity index (χ2n) is 5.72. The van der Waals surface area contributed by atoms with Crippen LogP contribution in [0.1, 0.15) is 29.6 Å². The van der Waals surface area contributed by atoms with Crippen molar-refractivity contribution in [3.8, 4) is 0 Å². The Bertz CT molecular complexity index is 645. The van der Waals surface area contributed by atoms with E-state index in [9.17, 15) is 14.4 Å². The molecule has 24 heavy (non-hydrogen) atoms. The minimum atomic E-state index is -0.970. The summed E-state index contributed by atoms with van der Waals surface area (Å²) in [6.45, 7) is 0.571. The highest BCUT2D eigenvalue weighted by molar-refractivity contribution is 6.35. The first kappa shape index (κ1) is 18.5. The van der Waals surface area contributed by atoms with Gasteiger partial charge in [-0.15, -0.1) is 0 Å². The maximum Gasteiger partial charge on any atom is 0.305 e. The molecule has 1 N–H and O–H groups in total. The molecule has 1 heterocycles. The second kappa shape index (κ2) is 7.85. The molecule has 8 heteroatoms. The molecule has 0 aliphatic carbocycles. The molecule has 1 atom stereocenters. The number of likely N-dealkylation sites (tertiary alicyclic amines) is 1. The quantitative estimate of drug-likeness (QED) is 0.861. The Balaban J connectivity index is 2.13. The van der Waals surface area contributed by atoms with Crippen molar-refractivity contribution in [3.63, 3.8) is 0 Å². The molecule has 0 aromatic heterocycles. The molecular weight excluding hydrogens is 355 g/mol. The number of carbonyl (C=O) groups is 3. The summed E-state index contributed by atoms with van der Waals surface area (Å²) in [4.78, 5) is 38.7. The third-order valence-corrected chi connectivity index (χ3v) is 4.38. The highest BCUT2D eigenvalue weighted by Crippen LogP contribution is 2.25. The number of amides is 2. The molecule has 1 saturated heterocycles. The lowest BCUT2D eigenvalue weighted by atomic mass is 10.1. The van der Waals surface area contributed by atoms with Gasteiger partial charge in [-0.2, -0.15) is 0 Å². The number of rotatable bonds is 5. The zero-order valence-electron chi connectivity index (χ0n) is 13.2. The summed E-state index contributed by atoms with van der Waals surface area (Å²) in [5, 5.41) is 9.43. The van der Waals surface area contributed by atoms with E-state index in [4.69, 9.17) is 28.3 Å². The molecule has 1 fully saturated rings. The van der Waals surface area contributed by atoms with E-state index in [0.717, 1.165) is 0 Å². The SMILES string of the molecule is CN(CCC(=O)O)C(=O)C1CCCN1C(=O)c1cc(Cl)cc(Cl)c1. The van der Waals surface area contributed by atoms with E-state index in [0.29, 0.717) is 35.0 Å². The molecule has 0 radical (unpaired) electrons. The van der Waals surface area contributed by atoms with Crippen LogP contribution in [0.3, 0.4) is 0 Å². The number of hydrogen-bond acceptors (Lipinski definition) is 3. The van der Waals surface area contributed by atoms with Gasteiger partial charge in [-0.25, -0.2) is 0 Å². The number of carbonyl (C=O) groups excluding carboxylic acids is 2. The Morgan fingerprint density at radius 1 is 1.25 bits per heavy atom. The minimum Gasteiger partial charge on any atom is -0.481 e. The summed E-state index contributed by atoms with van der Waals surface area (Å²) in [5.74, 6) is -1.53. The van der Waals surface area contributed by atoms with Crippen molar-refractivity contribution in [1.29, 1.82) is 0 Å². The molecular formula is C16H18Cl2N2O4. The van der Waals surface area contributed by atoms with Crippen LogP contribution < -0.4 is 0 Å². The molecule has 1 aromatic carbocycles. The van der Waals surface area contributed by atoms with Gasteiger partial charge in [0.2, 0.25) is 5.91 Å². The fraction of sp³-hybridized carbons (Fsp3) is 0.438. The molecule has 0 saturated carbocycles. The number of hydrogen-bond donors (Lipinski definition) is 1. The van der Waals surface area contributed by atoms with Gasteiger partial charge in [0.25, 0.3) is 5.91 Å². The Kier molecular flexibility index (Phi) is 6.07. The smallest absolute Gasteiger partial charge is 0.305 e. The normalized spacial score (nSPS) is 17.0. The van der Waals surface area contributed by atoms with Crippen LogP contribution in [0.5, 0.6) is 0 Å². The first-order valence-electron chi connectivity index (χ1n) is 7.53. The van der Waals surface area contributed by atoms with E-state index in [1.54, 1.807) is 7.05 Å². The number of carboxylic acid groups (broad SMARTS) is 1. The van der Waals surface area contributed by atoms with Crippen molar-refractivity contribution in [2.45, 2.75) is 25.3 Å². The van der Waals surface area contributed by atoms with Crippen LogP contribution in [0.4, 0.5) is 0 Å². The molecule has 0 bridgehead atoms. The molecule has 1 unspecified atom stereocenters. The van der Waals surface area contributed by atoms with Gasteiger partial charge >= 0.3 is 5.97 Å². The van der Waals surface area contributed by atoms with Crippen LogP contribution >= 0.6 is 23.2 Å². The molecule has 2 rings (SSSR count). The summed E-state index contributed by atoms with van der Waals surface area (Å²) in [6.07, 6.45) is 1.13. The number of nitrogens with zero attached hydrogens (tertiary/aromatic N) is 2. The first-order chi connectivity index (χ1) is 11.3. The van der Waals surface area contributed by atoms with Crippen molar-refractivity contribution < 1.29 is 19.5 Å². The molecule has 1 aliphatic heterocycles.